The molecule has 0 radical (unpaired) electrons. The predicted octanol–water partition coefficient (Wildman–Crippen LogP) is 4.43. The maximum absolute atomic E-state index is 10.2. The van der Waals surface area contributed by atoms with Gasteiger partial charge in [-0.15, -0.1) is 0 Å². The molecule has 1 rings (SSSR count). The van der Waals surface area contributed by atoms with E-state index in [1.54, 1.807) is 30.3 Å². The van der Waals surface area contributed by atoms with Crippen molar-refractivity contribution < 1.29 is 15.0 Å². The van der Waals surface area contributed by atoms with Gasteiger partial charge in [0.05, 0.1) is 12.2 Å². The Labute approximate surface area is 135 Å². The number of hydrogen-bond acceptors (Lipinski definition) is 2. The van der Waals surface area contributed by atoms with E-state index in [2.05, 4.69) is 28.9 Å². The van der Waals surface area contributed by atoms with Gasteiger partial charge in [0.15, 0.2) is 0 Å². The minimum atomic E-state index is -0.879. The Kier molecular flexibility index (Phi) is 11.5. The van der Waals surface area contributed by atoms with Crippen LogP contribution in [0.3, 0.4) is 0 Å². The number of allylic oxidation sites excluding steroid dienone is 3. The maximum Gasteiger partial charge on any atom is 0.335 e. The van der Waals surface area contributed by atoms with Crippen LogP contribution in [0.5, 0.6) is 0 Å². The summed E-state index contributed by atoms with van der Waals surface area (Å²) in [6, 6.07) is 8.30. The van der Waals surface area contributed by atoms with Gasteiger partial charge in [-0.3, -0.25) is 0 Å². The lowest BCUT2D eigenvalue weighted by Gasteiger charge is -1.97. The van der Waals surface area contributed by atoms with Gasteiger partial charge in [0.25, 0.3) is 0 Å². The highest BCUT2D eigenvalue weighted by molar-refractivity contribution is 9.09. The summed E-state index contributed by atoms with van der Waals surface area (Å²) in [4.78, 5) is 10.2. The number of benzene rings is 1. The Balaban J connectivity index is 0.000000394. The van der Waals surface area contributed by atoms with Crippen molar-refractivity contribution in [2.45, 2.75) is 26.7 Å². The largest absolute Gasteiger partial charge is 0.478 e. The molecule has 0 aromatic heterocycles. The number of aliphatic hydroxyl groups is 1. The molecule has 0 spiro atoms. The molecule has 0 atom stereocenters. The fourth-order valence-corrected chi connectivity index (χ4v) is 1.67. The van der Waals surface area contributed by atoms with Gasteiger partial charge in [-0.1, -0.05) is 57.4 Å². The van der Waals surface area contributed by atoms with Crippen LogP contribution in [-0.4, -0.2) is 28.1 Å². The molecular formula is C17H23BrO3. The number of carbonyl (C=O) groups is 1. The first-order chi connectivity index (χ1) is 10.0. The third-order valence-corrected chi connectivity index (χ3v) is 3.59. The van der Waals surface area contributed by atoms with Gasteiger partial charge in [-0.25, -0.2) is 4.79 Å². The zero-order chi connectivity index (χ0) is 16.1. The molecule has 0 heterocycles. The molecule has 0 amide bonds. The number of hydrogen-bond donors (Lipinski definition) is 2. The van der Waals surface area contributed by atoms with Crippen LogP contribution in [0.4, 0.5) is 0 Å². The van der Waals surface area contributed by atoms with Crippen LogP contribution in [-0.2, 0) is 0 Å². The van der Waals surface area contributed by atoms with E-state index in [9.17, 15) is 4.79 Å². The van der Waals surface area contributed by atoms with E-state index in [0.29, 0.717) is 5.56 Å². The summed E-state index contributed by atoms with van der Waals surface area (Å²) in [5.74, 6) is -0.879. The maximum atomic E-state index is 10.2. The molecule has 0 aliphatic carbocycles. The van der Waals surface area contributed by atoms with E-state index < -0.39 is 5.97 Å². The SMILES string of the molecule is CC(=CCCC(C)=CCO)CBr.O=C(O)c1ccccc1. The lowest BCUT2D eigenvalue weighted by atomic mass is 10.1. The lowest BCUT2D eigenvalue weighted by Crippen LogP contribution is -1.93. The fourth-order valence-electron chi connectivity index (χ4n) is 1.44. The Bertz CT molecular complexity index is 464. The minimum Gasteiger partial charge on any atom is -0.478 e. The molecule has 116 valence electrons. The molecule has 0 unspecified atom stereocenters. The molecule has 0 bridgehead atoms. The average molecular weight is 355 g/mol. The van der Waals surface area contributed by atoms with Gasteiger partial charge in [-0.2, -0.15) is 0 Å². The average Bonchev–Trinajstić information content (AvgIpc) is 2.49. The van der Waals surface area contributed by atoms with Gasteiger partial charge in [0, 0.05) is 5.33 Å². The van der Waals surface area contributed by atoms with Crippen molar-refractivity contribution >= 4 is 21.9 Å². The molecule has 1 aromatic carbocycles. The summed E-state index contributed by atoms with van der Waals surface area (Å²) in [6.45, 7) is 4.32. The predicted molar refractivity (Wildman–Crippen MR) is 91.0 cm³/mol. The molecule has 4 heteroatoms. The van der Waals surface area contributed by atoms with Crippen LogP contribution in [0.1, 0.15) is 37.0 Å². The second kappa shape index (κ2) is 12.4. The zero-order valence-corrected chi connectivity index (χ0v) is 14.1. The van der Waals surface area contributed by atoms with Gasteiger partial charge >= 0.3 is 5.97 Å². The fraction of sp³-hybridized carbons (Fsp3) is 0.353. The number of halogens is 1. The Hall–Kier alpha value is -1.39. The molecule has 0 saturated heterocycles. The van der Waals surface area contributed by atoms with E-state index in [4.69, 9.17) is 10.2 Å². The van der Waals surface area contributed by atoms with E-state index in [1.165, 1.54) is 11.1 Å². The highest BCUT2D eigenvalue weighted by atomic mass is 79.9. The summed E-state index contributed by atoms with van der Waals surface area (Å²) in [7, 11) is 0. The first kappa shape index (κ1) is 19.6. The van der Waals surface area contributed by atoms with Crippen LogP contribution in [0.25, 0.3) is 0 Å². The van der Waals surface area contributed by atoms with E-state index in [0.717, 1.165) is 18.2 Å². The number of carboxylic acids is 1. The van der Waals surface area contributed by atoms with Crippen LogP contribution in [0, 0.1) is 0 Å². The van der Waals surface area contributed by atoms with Crippen LogP contribution in [0.2, 0.25) is 0 Å². The van der Waals surface area contributed by atoms with Crippen molar-refractivity contribution in [2.75, 3.05) is 11.9 Å². The molecular weight excluding hydrogens is 332 g/mol. The number of alkyl halides is 1. The van der Waals surface area contributed by atoms with Gasteiger partial charge in [0.2, 0.25) is 0 Å². The van der Waals surface area contributed by atoms with Crippen molar-refractivity contribution in [2.24, 2.45) is 0 Å². The quantitative estimate of drug-likeness (QED) is 0.586. The van der Waals surface area contributed by atoms with Crippen molar-refractivity contribution in [3.8, 4) is 0 Å². The molecule has 0 aliphatic heterocycles. The molecule has 21 heavy (non-hydrogen) atoms. The molecule has 2 N–H and O–H groups in total. The van der Waals surface area contributed by atoms with Gasteiger partial charge in [0.1, 0.15) is 0 Å². The molecule has 0 aliphatic rings. The van der Waals surface area contributed by atoms with E-state index in [1.807, 2.05) is 13.0 Å². The van der Waals surface area contributed by atoms with Crippen LogP contribution < -0.4 is 0 Å². The Morgan fingerprint density at radius 2 is 1.76 bits per heavy atom. The van der Waals surface area contributed by atoms with Crippen molar-refractivity contribution in [1.29, 1.82) is 0 Å². The monoisotopic (exact) mass is 354 g/mol. The molecule has 0 fully saturated rings. The van der Waals surface area contributed by atoms with Crippen molar-refractivity contribution in [3.05, 3.63) is 59.2 Å². The number of aromatic carboxylic acids is 1. The topological polar surface area (TPSA) is 57.5 Å². The first-order valence-corrected chi connectivity index (χ1v) is 7.89. The minimum absolute atomic E-state index is 0.160. The van der Waals surface area contributed by atoms with Gasteiger partial charge in [-0.05, 0) is 38.8 Å². The smallest absolute Gasteiger partial charge is 0.335 e. The summed E-state index contributed by atoms with van der Waals surface area (Å²) in [5.41, 5.74) is 2.96. The van der Waals surface area contributed by atoms with Crippen LogP contribution >= 0.6 is 15.9 Å². The lowest BCUT2D eigenvalue weighted by molar-refractivity contribution is 0.0697. The van der Waals surface area contributed by atoms with Gasteiger partial charge < -0.3 is 10.2 Å². The highest BCUT2D eigenvalue weighted by Gasteiger charge is 1.96. The number of carboxylic acid groups (broad SMARTS) is 1. The highest BCUT2D eigenvalue weighted by Crippen LogP contribution is 2.07. The summed E-state index contributed by atoms with van der Waals surface area (Å²) >= 11 is 3.39. The standard InChI is InChI=1S/C10H17BrO.C7H6O2/c1-9(6-7-12)4-3-5-10(2)8-11;8-7(9)6-4-2-1-3-5-6/h5-6,12H,3-4,7-8H2,1-2H3;1-5H,(H,8,9). The summed E-state index contributed by atoms with van der Waals surface area (Å²) in [5, 5.41) is 17.9. The Morgan fingerprint density at radius 3 is 2.19 bits per heavy atom. The molecule has 3 nitrogen and oxygen atoms in total. The Morgan fingerprint density at radius 1 is 1.14 bits per heavy atom. The summed E-state index contributed by atoms with van der Waals surface area (Å²) < 4.78 is 0. The van der Waals surface area contributed by atoms with E-state index in [-0.39, 0.29) is 6.61 Å². The van der Waals surface area contributed by atoms with Crippen molar-refractivity contribution in [3.63, 3.8) is 0 Å². The van der Waals surface area contributed by atoms with Crippen molar-refractivity contribution in [1.82, 2.24) is 0 Å². The zero-order valence-electron chi connectivity index (χ0n) is 12.6. The number of rotatable bonds is 6. The second-order valence-corrected chi connectivity index (χ2v) is 5.19. The third-order valence-electron chi connectivity index (χ3n) is 2.70. The van der Waals surface area contributed by atoms with Crippen LogP contribution in [0.15, 0.2) is 53.6 Å². The molecule has 0 saturated carbocycles. The molecule has 1 aromatic rings. The number of aliphatic hydroxyl groups excluding tert-OH is 1. The van der Waals surface area contributed by atoms with E-state index >= 15 is 0 Å². The normalized spacial score (nSPS) is 11.6. The second-order valence-electron chi connectivity index (χ2n) is 4.63. The first-order valence-electron chi connectivity index (χ1n) is 6.77. The summed E-state index contributed by atoms with van der Waals surface area (Å²) in [6.07, 6.45) is 6.20. The third kappa shape index (κ3) is 11.0.